The Morgan fingerprint density at radius 3 is 2.70 bits per heavy atom. The Labute approximate surface area is 115 Å². The number of halogens is 4. The number of benzene rings is 1. The Kier molecular flexibility index (Phi) is 4.22. The van der Waals surface area contributed by atoms with E-state index < -0.39 is 23.5 Å². The van der Waals surface area contributed by atoms with E-state index in [1.165, 1.54) is 18.2 Å². The third kappa shape index (κ3) is 3.42. The molecule has 2 rings (SSSR count). The third-order valence-corrected chi connectivity index (χ3v) is 3.93. The molecule has 1 aromatic rings. The number of anilines is 1. The van der Waals surface area contributed by atoms with E-state index in [2.05, 4.69) is 5.32 Å². The molecule has 2 nitrogen and oxygen atoms in total. The van der Waals surface area contributed by atoms with Crippen LogP contribution in [0, 0.1) is 11.7 Å². The molecule has 0 radical (unpaired) electrons. The van der Waals surface area contributed by atoms with Gasteiger partial charge in [-0.2, -0.15) is 13.2 Å². The molecule has 1 aliphatic rings. The summed E-state index contributed by atoms with van der Waals surface area (Å²) in [5.41, 5.74) is 5.36. The average molecular weight is 290 g/mol. The van der Waals surface area contributed by atoms with Crippen molar-refractivity contribution in [2.75, 3.05) is 11.9 Å². The van der Waals surface area contributed by atoms with Gasteiger partial charge in [-0.3, -0.25) is 0 Å². The van der Waals surface area contributed by atoms with Gasteiger partial charge in [-0.25, -0.2) is 4.39 Å². The predicted molar refractivity (Wildman–Crippen MR) is 69.8 cm³/mol. The van der Waals surface area contributed by atoms with Crippen molar-refractivity contribution in [1.29, 1.82) is 0 Å². The number of alkyl halides is 3. The van der Waals surface area contributed by atoms with E-state index in [9.17, 15) is 17.6 Å². The molecule has 112 valence electrons. The lowest BCUT2D eigenvalue weighted by Crippen LogP contribution is -2.51. The number of nitrogens with two attached hydrogens (primary N) is 1. The molecule has 0 bridgehead atoms. The van der Waals surface area contributed by atoms with Crippen molar-refractivity contribution in [3.05, 3.63) is 30.1 Å². The summed E-state index contributed by atoms with van der Waals surface area (Å²) in [5, 5.41) is 3.02. The lowest BCUT2D eigenvalue weighted by Gasteiger charge is -2.42. The van der Waals surface area contributed by atoms with Gasteiger partial charge < -0.3 is 11.1 Å². The number of hydrogen-bond acceptors (Lipinski definition) is 2. The van der Waals surface area contributed by atoms with Crippen molar-refractivity contribution in [3.63, 3.8) is 0 Å². The van der Waals surface area contributed by atoms with Gasteiger partial charge in [0.25, 0.3) is 0 Å². The predicted octanol–water partition coefficient (Wildman–Crippen LogP) is 3.69. The molecule has 0 heterocycles. The number of nitrogens with one attached hydrogen (secondary N) is 1. The maximum Gasteiger partial charge on any atom is 0.391 e. The lowest BCUT2D eigenvalue weighted by atomic mass is 9.75. The molecule has 3 N–H and O–H groups in total. The second kappa shape index (κ2) is 5.60. The fraction of sp³-hybridized carbons (Fsp3) is 0.571. The van der Waals surface area contributed by atoms with Crippen LogP contribution in [0.2, 0.25) is 0 Å². The minimum absolute atomic E-state index is 0.0660. The summed E-state index contributed by atoms with van der Waals surface area (Å²) in [6.07, 6.45) is -3.11. The summed E-state index contributed by atoms with van der Waals surface area (Å²) in [5.74, 6) is -1.77. The molecule has 0 aromatic heterocycles. The average Bonchev–Trinajstić information content (AvgIpc) is 2.38. The van der Waals surface area contributed by atoms with Crippen molar-refractivity contribution in [1.82, 2.24) is 0 Å². The zero-order valence-electron chi connectivity index (χ0n) is 11.0. The highest BCUT2D eigenvalue weighted by Crippen LogP contribution is 2.42. The molecule has 0 amide bonds. The zero-order valence-corrected chi connectivity index (χ0v) is 11.0. The third-order valence-electron chi connectivity index (χ3n) is 3.93. The van der Waals surface area contributed by atoms with Crippen LogP contribution in [0.5, 0.6) is 0 Å². The maximum atomic E-state index is 13.2. The molecule has 1 aromatic carbocycles. The summed E-state index contributed by atoms with van der Waals surface area (Å²) in [6.45, 7) is 0.0933. The van der Waals surface area contributed by atoms with Crippen molar-refractivity contribution in [2.45, 2.75) is 37.4 Å². The maximum absolute atomic E-state index is 13.2. The van der Waals surface area contributed by atoms with E-state index in [1.54, 1.807) is 6.07 Å². The van der Waals surface area contributed by atoms with E-state index in [-0.39, 0.29) is 19.4 Å². The molecule has 1 aliphatic carbocycles. The van der Waals surface area contributed by atoms with E-state index in [1.807, 2.05) is 0 Å². The minimum atomic E-state index is -4.20. The molecular formula is C14H18F4N2. The van der Waals surface area contributed by atoms with Crippen LogP contribution in [0.4, 0.5) is 23.2 Å². The molecule has 1 fully saturated rings. The van der Waals surface area contributed by atoms with E-state index >= 15 is 0 Å². The summed E-state index contributed by atoms with van der Waals surface area (Å²) in [7, 11) is 0. The van der Waals surface area contributed by atoms with Gasteiger partial charge in [-0.15, -0.1) is 0 Å². The van der Waals surface area contributed by atoms with E-state index in [4.69, 9.17) is 5.73 Å². The van der Waals surface area contributed by atoms with Crippen LogP contribution < -0.4 is 11.1 Å². The number of hydrogen-bond donors (Lipinski definition) is 2. The van der Waals surface area contributed by atoms with Crippen LogP contribution in [0.15, 0.2) is 24.3 Å². The highest BCUT2D eigenvalue weighted by atomic mass is 19.4. The Morgan fingerprint density at radius 2 is 2.10 bits per heavy atom. The molecule has 0 saturated heterocycles. The molecule has 6 heteroatoms. The molecule has 20 heavy (non-hydrogen) atoms. The molecule has 0 spiro atoms. The van der Waals surface area contributed by atoms with Crippen molar-refractivity contribution in [2.24, 2.45) is 11.7 Å². The summed E-state index contributed by atoms with van der Waals surface area (Å²) >= 11 is 0. The molecule has 2 unspecified atom stereocenters. The molecular weight excluding hydrogens is 272 g/mol. The molecule has 2 atom stereocenters. The SMILES string of the molecule is NCC1(Nc2cccc(F)c2)CCCC(C(F)(F)F)C1. The van der Waals surface area contributed by atoms with Crippen LogP contribution in [0.25, 0.3) is 0 Å². The van der Waals surface area contributed by atoms with Crippen LogP contribution >= 0.6 is 0 Å². The second-order valence-corrected chi connectivity index (χ2v) is 5.45. The second-order valence-electron chi connectivity index (χ2n) is 5.45. The fourth-order valence-electron chi connectivity index (χ4n) is 2.86. The Morgan fingerprint density at radius 1 is 1.35 bits per heavy atom. The molecule has 0 aliphatic heterocycles. The van der Waals surface area contributed by atoms with Crippen LogP contribution in [-0.4, -0.2) is 18.3 Å². The monoisotopic (exact) mass is 290 g/mol. The highest BCUT2D eigenvalue weighted by Gasteiger charge is 2.47. The standard InChI is InChI=1S/C14H18F4N2/c15-11-4-1-5-12(7-11)20-13(9-19)6-2-3-10(8-13)14(16,17)18/h1,4-5,7,10,20H,2-3,6,8-9,19H2. The van der Waals surface area contributed by atoms with Gasteiger partial charge in [0, 0.05) is 12.2 Å². The number of rotatable bonds is 3. The van der Waals surface area contributed by atoms with Crippen LogP contribution in [0.3, 0.4) is 0 Å². The highest BCUT2D eigenvalue weighted by molar-refractivity contribution is 5.46. The topological polar surface area (TPSA) is 38.0 Å². The first-order valence-electron chi connectivity index (χ1n) is 6.65. The van der Waals surface area contributed by atoms with Crippen LogP contribution in [-0.2, 0) is 0 Å². The van der Waals surface area contributed by atoms with Gasteiger partial charge in [0.2, 0.25) is 0 Å². The van der Waals surface area contributed by atoms with E-state index in [0.29, 0.717) is 18.5 Å². The zero-order chi connectivity index (χ0) is 14.8. The first-order valence-corrected chi connectivity index (χ1v) is 6.65. The van der Waals surface area contributed by atoms with Gasteiger partial charge in [0.15, 0.2) is 0 Å². The fourth-order valence-corrected chi connectivity index (χ4v) is 2.86. The Hall–Kier alpha value is -1.30. The summed E-state index contributed by atoms with van der Waals surface area (Å²) in [4.78, 5) is 0. The normalized spacial score (nSPS) is 27.4. The Balaban J connectivity index is 2.16. The van der Waals surface area contributed by atoms with E-state index in [0.717, 1.165) is 0 Å². The van der Waals surface area contributed by atoms with Gasteiger partial charge in [0.1, 0.15) is 5.82 Å². The van der Waals surface area contributed by atoms with Gasteiger partial charge in [0.05, 0.1) is 11.5 Å². The lowest BCUT2D eigenvalue weighted by molar-refractivity contribution is -0.185. The molecule has 1 saturated carbocycles. The van der Waals surface area contributed by atoms with Crippen molar-refractivity contribution < 1.29 is 17.6 Å². The largest absolute Gasteiger partial charge is 0.391 e. The Bertz CT molecular complexity index is 461. The van der Waals surface area contributed by atoms with Crippen molar-refractivity contribution >= 4 is 5.69 Å². The first kappa shape index (κ1) is 15.1. The van der Waals surface area contributed by atoms with Gasteiger partial charge in [-0.05, 0) is 37.5 Å². The smallest absolute Gasteiger partial charge is 0.378 e. The van der Waals surface area contributed by atoms with Crippen molar-refractivity contribution in [3.8, 4) is 0 Å². The first-order chi connectivity index (χ1) is 9.35. The summed E-state index contributed by atoms with van der Waals surface area (Å²) < 4.78 is 51.9. The summed E-state index contributed by atoms with van der Waals surface area (Å²) in [6, 6.07) is 5.72. The van der Waals surface area contributed by atoms with Crippen LogP contribution in [0.1, 0.15) is 25.7 Å². The van der Waals surface area contributed by atoms with Gasteiger partial charge in [-0.1, -0.05) is 12.5 Å². The van der Waals surface area contributed by atoms with Gasteiger partial charge >= 0.3 is 6.18 Å². The quantitative estimate of drug-likeness (QED) is 0.833. The minimum Gasteiger partial charge on any atom is -0.378 e.